The first-order valence-electron chi connectivity index (χ1n) is 9.31. The lowest BCUT2D eigenvalue weighted by Crippen LogP contribution is -2.33. The van der Waals surface area contributed by atoms with Gasteiger partial charge in [-0.3, -0.25) is 9.59 Å². The minimum Gasteiger partial charge on any atom is -0.356 e. The summed E-state index contributed by atoms with van der Waals surface area (Å²) in [6.07, 6.45) is 1.61. The van der Waals surface area contributed by atoms with Gasteiger partial charge in [0.05, 0.1) is 4.90 Å². The van der Waals surface area contributed by atoms with Gasteiger partial charge in [0.2, 0.25) is 21.8 Å². The van der Waals surface area contributed by atoms with Crippen molar-refractivity contribution in [1.29, 1.82) is 0 Å². The molecular formula is C19H29N3O4S. The summed E-state index contributed by atoms with van der Waals surface area (Å²) in [6.45, 7) is 8.23. The van der Waals surface area contributed by atoms with E-state index in [1.54, 1.807) is 17.0 Å². The normalized spacial score (nSPS) is 16.5. The Morgan fingerprint density at radius 3 is 2.59 bits per heavy atom. The van der Waals surface area contributed by atoms with Crippen molar-refractivity contribution in [3.05, 3.63) is 23.8 Å². The Labute approximate surface area is 161 Å². The third kappa shape index (κ3) is 5.52. The first-order valence-corrected chi connectivity index (χ1v) is 10.8. The number of nitrogens with zero attached hydrogens (tertiary/aromatic N) is 1. The fourth-order valence-electron chi connectivity index (χ4n) is 3.23. The van der Waals surface area contributed by atoms with Gasteiger partial charge >= 0.3 is 0 Å². The highest BCUT2D eigenvalue weighted by molar-refractivity contribution is 7.89. The van der Waals surface area contributed by atoms with Crippen LogP contribution in [-0.4, -0.2) is 39.4 Å². The van der Waals surface area contributed by atoms with Gasteiger partial charge in [0.15, 0.2) is 0 Å². The van der Waals surface area contributed by atoms with Crippen LogP contribution >= 0.6 is 0 Å². The van der Waals surface area contributed by atoms with E-state index in [1.807, 2.05) is 6.92 Å². The Kier molecular flexibility index (Phi) is 7.00. The second-order valence-electron chi connectivity index (χ2n) is 7.41. The quantitative estimate of drug-likeness (QED) is 0.702. The summed E-state index contributed by atoms with van der Waals surface area (Å²) in [4.78, 5) is 25.4. The van der Waals surface area contributed by atoms with Crippen LogP contribution in [-0.2, 0) is 26.0 Å². The Morgan fingerprint density at radius 1 is 1.26 bits per heavy atom. The number of hydrogen-bond acceptors (Lipinski definition) is 4. The number of amides is 2. The first kappa shape index (κ1) is 21.4. The van der Waals surface area contributed by atoms with Crippen molar-refractivity contribution in [2.24, 2.45) is 5.92 Å². The van der Waals surface area contributed by atoms with Crippen molar-refractivity contribution < 1.29 is 18.0 Å². The highest BCUT2D eigenvalue weighted by Crippen LogP contribution is 2.33. The van der Waals surface area contributed by atoms with Crippen LogP contribution in [0.15, 0.2) is 23.1 Å². The average Bonchev–Trinajstić information content (AvgIpc) is 2.89. The van der Waals surface area contributed by atoms with Crippen molar-refractivity contribution in [2.75, 3.05) is 18.0 Å². The molecule has 8 heteroatoms. The van der Waals surface area contributed by atoms with Gasteiger partial charge < -0.3 is 10.2 Å². The summed E-state index contributed by atoms with van der Waals surface area (Å²) >= 11 is 0. The number of carbonyl (C=O) groups is 2. The molecule has 150 valence electrons. The molecule has 1 aliphatic heterocycles. The van der Waals surface area contributed by atoms with Crippen LogP contribution in [0.4, 0.5) is 5.69 Å². The molecule has 0 aliphatic carbocycles. The third-order valence-corrected chi connectivity index (χ3v) is 6.06. The van der Waals surface area contributed by atoms with Crippen molar-refractivity contribution in [3.8, 4) is 0 Å². The molecule has 1 aliphatic rings. The van der Waals surface area contributed by atoms with Crippen molar-refractivity contribution in [2.45, 2.75) is 57.9 Å². The number of sulfonamides is 1. The molecule has 0 spiro atoms. The van der Waals surface area contributed by atoms with Crippen LogP contribution in [0.3, 0.4) is 0 Å². The Hall–Kier alpha value is -1.93. The number of benzene rings is 1. The predicted octanol–water partition coefficient (Wildman–Crippen LogP) is 1.81. The van der Waals surface area contributed by atoms with Gasteiger partial charge in [-0.2, -0.15) is 0 Å². The molecule has 7 nitrogen and oxygen atoms in total. The molecule has 27 heavy (non-hydrogen) atoms. The first-order chi connectivity index (χ1) is 12.6. The number of hydrogen-bond donors (Lipinski definition) is 2. The molecule has 0 aromatic heterocycles. The number of fused-ring (bicyclic) bond motifs is 1. The highest BCUT2D eigenvalue weighted by Gasteiger charge is 2.30. The molecule has 0 fully saturated rings. The van der Waals surface area contributed by atoms with Gasteiger partial charge in [-0.25, -0.2) is 13.1 Å². The van der Waals surface area contributed by atoms with E-state index in [0.29, 0.717) is 18.9 Å². The summed E-state index contributed by atoms with van der Waals surface area (Å²) in [5.74, 6) is 0.280. The number of rotatable bonds is 8. The van der Waals surface area contributed by atoms with Crippen molar-refractivity contribution >= 4 is 27.5 Å². The highest BCUT2D eigenvalue weighted by atomic mass is 32.2. The maximum atomic E-state index is 12.5. The fourth-order valence-corrected chi connectivity index (χ4v) is 4.31. The van der Waals surface area contributed by atoms with Gasteiger partial charge in [-0.05, 0) is 49.4 Å². The minimum atomic E-state index is -3.70. The summed E-state index contributed by atoms with van der Waals surface area (Å²) in [7, 11) is -3.70. The van der Waals surface area contributed by atoms with Crippen LogP contribution < -0.4 is 14.9 Å². The van der Waals surface area contributed by atoms with Crippen LogP contribution in [0.5, 0.6) is 0 Å². The van der Waals surface area contributed by atoms with E-state index in [-0.39, 0.29) is 35.7 Å². The Morgan fingerprint density at radius 2 is 1.96 bits per heavy atom. The SMILES string of the molecule is CC(=O)N1c2ccc(S(=O)(=O)NCCC(=O)NCCC(C)C)cc2CC1C. The molecule has 2 amide bonds. The van der Waals surface area contributed by atoms with E-state index in [4.69, 9.17) is 0 Å². The van der Waals surface area contributed by atoms with E-state index >= 15 is 0 Å². The topological polar surface area (TPSA) is 95.6 Å². The van der Waals surface area contributed by atoms with Gasteiger partial charge in [-0.15, -0.1) is 0 Å². The maximum Gasteiger partial charge on any atom is 0.240 e. The monoisotopic (exact) mass is 395 g/mol. The molecule has 2 N–H and O–H groups in total. The minimum absolute atomic E-state index is 0.0120. The molecular weight excluding hydrogens is 366 g/mol. The summed E-state index contributed by atoms with van der Waals surface area (Å²) < 4.78 is 27.5. The predicted molar refractivity (Wildman–Crippen MR) is 105 cm³/mol. The second kappa shape index (κ2) is 8.84. The van der Waals surface area contributed by atoms with Gasteiger partial charge in [0, 0.05) is 38.2 Å². The Bertz CT molecular complexity index is 805. The van der Waals surface area contributed by atoms with Crippen LogP contribution in [0, 0.1) is 5.92 Å². The van der Waals surface area contributed by atoms with Crippen molar-refractivity contribution in [3.63, 3.8) is 0 Å². The maximum absolute atomic E-state index is 12.5. The molecule has 0 radical (unpaired) electrons. The molecule has 2 rings (SSSR count). The van der Waals surface area contributed by atoms with Gasteiger partial charge in [0.1, 0.15) is 0 Å². The number of carbonyl (C=O) groups excluding carboxylic acids is 2. The van der Waals surface area contributed by atoms with Crippen LogP contribution in [0.2, 0.25) is 0 Å². The lowest BCUT2D eigenvalue weighted by Gasteiger charge is -2.20. The van der Waals surface area contributed by atoms with Gasteiger partial charge in [0.25, 0.3) is 0 Å². The molecule has 1 unspecified atom stereocenters. The summed E-state index contributed by atoms with van der Waals surface area (Å²) in [5, 5.41) is 2.78. The second-order valence-corrected chi connectivity index (χ2v) is 9.18. The van der Waals surface area contributed by atoms with Crippen molar-refractivity contribution in [1.82, 2.24) is 10.0 Å². The molecule has 1 aromatic rings. The van der Waals surface area contributed by atoms with E-state index in [9.17, 15) is 18.0 Å². The zero-order valence-corrected chi connectivity index (χ0v) is 17.2. The molecule has 1 heterocycles. The zero-order chi connectivity index (χ0) is 20.2. The summed E-state index contributed by atoms with van der Waals surface area (Å²) in [5.41, 5.74) is 1.60. The largest absolute Gasteiger partial charge is 0.356 e. The average molecular weight is 396 g/mol. The summed E-state index contributed by atoms with van der Waals surface area (Å²) in [6, 6.07) is 4.79. The van der Waals surface area contributed by atoms with Gasteiger partial charge in [-0.1, -0.05) is 13.8 Å². The van der Waals surface area contributed by atoms with E-state index in [2.05, 4.69) is 23.9 Å². The van der Waals surface area contributed by atoms with Crippen LogP contribution in [0.25, 0.3) is 0 Å². The number of anilines is 1. The third-order valence-electron chi connectivity index (χ3n) is 4.60. The fraction of sp³-hybridized carbons (Fsp3) is 0.579. The molecule has 1 aromatic carbocycles. The molecule has 0 saturated carbocycles. The van der Waals surface area contributed by atoms with E-state index in [0.717, 1.165) is 17.7 Å². The standard InChI is InChI=1S/C19H29N3O4S/c1-13(2)7-9-20-19(24)8-10-21-27(25,26)17-5-6-18-16(12-17)11-14(3)22(18)15(4)23/h5-6,12-14,21H,7-11H2,1-4H3,(H,20,24). The molecule has 1 atom stereocenters. The lowest BCUT2D eigenvalue weighted by molar-refractivity contribution is -0.121. The lowest BCUT2D eigenvalue weighted by atomic mass is 10.1. The smallest absolute Gasteiger partial charge is 0.240 e. The van der Waals surface area contributed by atoms with Crippen LogP contribution in [0.1, 0.15) is 46.1 Å². The Balaban J connectivity index is 1.95. The van der Waals surface area contributed by atoms with E-state index in [1.165, 1.54) is 13.0 Å². The van der Waals surface area contributed by atoms with E-state index < -0.39 is 10.0 Å². The number of nitrogens with one attached hydrogen (secondary N) is 2. The zero-order valence-electron chi connectivity index (χ0n) is 16.4. The molecule has 0 saturated heterocycles. The molecule has 0 bridgehead atoms.